The number of sulfone groups is 1. The van der Waals surface area contributed by atoms with Crippen molar-refractivity contribution in [3.63, 3.8) is 0 Å². The summed E-state index contributed by atoms with van der Waals surface area (Å²) in [4.78, 5) is 12.1. The number of anilines is 1. The number of nitrogens with one attached hydrogen (secondary N) is 2. The second-order valence-corrected chi connectivity index (χ2v) is 10.7. The molecule has 2 rings (SSSR count). The molecule has 1 amide bonds. The van der Waals surface area contributed by atoms with E-state index >= 15 is 0 Å². The highest BCUT2D eigenvalue weighted by atomic mass is 79.9. The van der Waals surface area contributed by atoms with E-state index < -0.39 is 25.8 Å². The molecule has 0 spiro atoms. The summed E-state index contributed by atoms with van der Waals surface area (Å²) in [7, 11) is -7.06. The van der Waals surface area contributed by atoms with Crippen LogP contribution in [0.25, 0.3) is 0 Å². The molecule has 2 aromatic rings. The Morgan fingerprint density at radius 2 is 1.70 bits per heavy atom. The number of carbonyl (C=O) groups is 1. The Morgan fingerprint density at radius 1 is 1.04 bits per heavy atom. The fraction of sp³-hybridized carbons (Fsp3) is 0.235. The van der Waals surface area contributed by atoms with Gasteiger partial charge in [-0.15, -0.1) is 0 Å². The number of halogens is 1. The summed E-state index contributed by atoms with van der Waals surface area (Å²) in [6, 6.07) is 12.1. The van der Waals surface area contributed by atoms with E-state index in [0.717, 1.165) is 4.47 Å². The zero-order chi connectivity index (χ0) is 20.1. The van der Waals surface area contributed by atoms with Crippen molar-refractivity contribution in [2.24, 2.45) is 0 Å². The lowest BCUT2D eigenvalue weighted by Gasteiger charge is -2.10. The van der Waals surface area contributed by atoms with Gasteiger partial charge >= 0.3 is 0 Å². The Hall–Kier alpha value is -1.91. The van der Waals surface area contributed by atoms with Crippen LogP contribution in [0.1, 0.15) is 17.3 Å². The Labute approximate surface area is 167 Å². The van der Waals surface area contributed by atoms with E-state index in [0.29, 0.717) is 5.69 Å². The molecule has 10 heteroatoms. The van der Waals surface area contributed by atoms with Crippen molar-refractivity contribution in [3.05, 3.63) is 58.6 Å². The van der Waals surface area contributed by atoms with Crippen molar-refractivity contribution in [2.45, 2.75) is 11.8 Å². The number of hydrogen-bond acceptors (Lipinski definition) is 5. The van der Waals surface area contributed by atoms with Crippen LogP contribution in [-0.4, -0.2) is 40.8 Å². The Kier molecular flexibility index (Phi) is 7.01. The molecular formula is C17H19BrN2O5S2. The lowest BCUT2D eigenvalue weighted by atomic mass is 10.2. The summed E-state index contributed by atoms with van der Waals surface area (Å²) in [5, 5.41) is 2.49. The number of sulfonamides is 1. The molecule has 2 N–H and O–H groups in total. The van der Waals surface area contributed by atoms with Crippen LogP contribution >= 0.6 is 15.9 Å². The van der Waals surface area contributed by atoms with Gasteiger partial charge < -0.3 is 5.32 Å². The molecule has 0 saturated carbocycles. The van der Waals surface area contributed by atoms with E-state index in [1.807, 2.05) is 0 Å². The molecule has 2 aromatic carbocycles. The average molecular weight is 475 g/mol. The van der Waals surface area contributed by atoms with Gasteiger partial charge in [-0.05, 0) is 42.5 Å². The molecule has 0 fully saturated rings. The number of carbonyl (C=O) groups excluding carboxylic acids is 1. The third-order valence-electron chi connectivity index (χ3n) is 3.64. The van der Waals surface area contributed by atoms with Crippen LogP contribution in [-0.2, 0) is 19.9 Å². The molecule has 0 bridgehead atoms. The third-order valence-corrected chi connectivity index (χ3v) is 7.25. The van der Waals surface area contributed by atoms with Crippen LogP contribution in [0.3, 0.4) is 0 Å². The van der Waals surface area contributed by atoms with Crippen LogP contribution in [0.15, 0.2) is 57.9 Å². The van der Waals surface area contributed by atoms with Gasteiger partial charge in [0.25, 0.3) is 15.9 Å². The summed E-state index contributed by atoms with van der Waals surface area (Å²) < 4.78 is 51.2. The summed E-state index contributed by atoms with van der Waals surface area (Å²) in [6.45, 7) is 1.49. The summed E-state index contributed by atoms with van der Waals surface area (Å²) >= 11 is 3.27. The van der Waals surface area contributed by atoms with Crippen LogP contribution in [0.2, 0.25) is 0 Å². The molecular weight excluding hydrogens is 456 g/mol. The van der Waals surface area contributed by atoms with Crippen LogP contribution in [0, 0.1) is 0 Å². The quantitative estimate of drug-likeness (QED) is 0.610. The Bertz CT molecular complexity index is 1020. The zero-order valence-electron chi connectivity index (χ0n) is 14.5. The fourth-order valence-electron chi connectivity index (χ4n) is 2.10. The SMILES string of the molecule is CCS(=O)(=O)CCNC(=O)c1cccc(S(=O)(=O)Nc2ccc(Br)cc2)c1. The van der Waals surface area contributed by atoms with Crippen molar-refractivity contribution in [3.8, 4) is 0 Å². The van der Waals surface area contributed by atoms with E-state index in [-0.39, 0.29) is 28.5 Å². The molecule has 0 aliphatic carbocycles. The van der Waals surface area contributed by atoms with Crippen LogP contribution in [0.4, 0.5) is 5.69 Å². The second-order valence-electron chi connectivity index (χ2n) is 5.63. The Balaban J connectivity index is 2.11. The van der Waals surface area contributed by atoms with Gasteiger partial charge in [-0.1, -0.05) is 28.9 Å². The summed E-state index contributed by atoms with van der Waals surface area (Å²) in [5.74, 6) is -0.710. The standard InChI is InChI=1S/C17H19BrN2O5S2/c1-2-26(22,23)11-10-19-17(21)13-4-3-5-16(12-13)27(24,25)20-15-8-6-14(18)7-9-15/h3-9,12,20H,2,10-11H2,1H3,(H,19,21). The maximum Gasteiger partial charge on any atom is 0.261 e. The van der Waals surface area contributed by atoms with Gasteiger partial charge in [-0.3, -0.25) is 9.52 Å². The van der Waals surface area contributed by atoms with E-state index in [9.17, 15) is 21.6 Å². The molecule has 0 aliphatic heterocycles. The molecule has 0 unspecified atom stereocenters. The highest BCUT2D eigenvalue weighted by molar-refractivity contribution is 9.10. The highest BCUT2D eigenvalue weighted by Crippen LogP contribution is 2.19. The minimum atomic E-state index is -3.87. The maximum absolute atomic E-state index is 12.5. The number of amides is 1. The van der Waals surface area contributed by atoms with Gasteiger partial charge in [0.05, 0.1) is 10.6 Å². The van der Waals surface area contributed by atoms with E-state index in [2.05, 4.69) is 26.0 Å². The van der Waals surface area contributed by atoms with Crippen molar-refractivity contribution in [1.82, 2.24) is 5.32 Å². The zero-order valence-corrected chi connectivity index (χ0v) is 17.7. The van der Waals surface area contributed by atoms with Crippen molar-refractivity contribution in [2.75, 3.05) is 22.8 Å². The lowest BCUT2D eigenvalue weighted by Crippen LogP contribution is -2.29. The molecule has 0 saturated heterocycles. The topological polar surface area (TPSA) is 109 Å². The van der Waals surface area contributed by atoms with Gasteiger partial charge in [0.1, 0.15) is 0 Å². The number of hydrogen-bond donors (Lipinski definition) is 2. The molecule has 0 atom stereocenters. The van der Waals surface area contributed by atoms with Crippen molar-refractivity contribution >= 4 is 47.4 Å². The van der Waals surface area contributed by atoms with Gasteiger partial charge in [0, 0.05) is 28.0 Å². The van der Waals surface area contributed by atoms with Gasteiger partial charge in [-0.2, -0.15) is 0 Å². The minimum absolute atomic E-state index is 0.00166. The van der Waals surface area contributed by atoms with E-state index in [4.69, 9.17) is 0 Å². The molecule has 0 radical (unpaired) electrons. The maximum atomic E-state index is 12.5. The van der Waals surface area contributed by atoms with Gasteiger partial charge in [-0.25, -0.2) is 16.8 Å². The third kappa shape index (κ3) is 6.33. The summed E-state index contributed by atoms with van der Waals surface area (Å²) in [5.41, 5.74) is 0.514. The predicted octanol–water partition coefficient (Wildman–Crippen LogP) is 2.41. The molecule has 146 valence electrons. The first-order valence-electron chi connectivity index (χ1n) is 8.00. The van der Waals surface area contributed by atoms with E-state index in [1.54, 1.807) is 24.3 Å². The van der Waals surface area contributed by atoms with Crippen LogP contribution < -0.4 is 10.0 Å². The first-order valence-corrected chi connectivity index (χ1v) is 12.1. The fourth-order valence-corrected chi connectivity index (χ4v) is 4.17. The van der Waals surface area contributed by atoms with Gasteiger partial charge in [0.2, 0.25) is 0 Å². The lowest BCUT2D eigenvalue weighted by molar-refractivity contribution is 0.0956. The second kappa shape index (κ2) is 8.85. The largest absolute Gasteiger partial charge is 0.351 e. The van der Waals surface area contributed by atoms with Crippen molar-refractivity contribution in [1.29, 1.82) is 0 Å². The normalized spacial score (nSPS) is 11.8. The van der Waals surface area contributed by atoms with Crippen LogP contribution in [0.5, 0.6) is 0 Å². The predicted molar refractivity (Wildman–Crippen MR) is 108 cm³/mol. The monoisotopic (exact) mass is 474 g/mol. The van der Waals surface area contributed by atoms with E-state index in [1.165, 1.54) is 31.2 Å². The smallest absolute Gasteiger partial charge is 0.261 e. The first kappa shape index (κ1) is 21.4. The molecule has 27 heavy (non-hydrogen) atoms. The van der Waals surface area contributed by atoms with Gasteiger partial charge in [0.15, 0.2) is 9.84 Å². The number of benzene rings is 2. The molecule has 0 aliphatic rings. The molecule has 7 nitrogen and oxygen atoms in total. The average Bonchev–Trinajstić information content (AvgIpc) is 2.63. The number of rotatable bonds is 8. The first-order chi connectivity index (χ1) is 12.6. The molecule has 0 aromatic heterocycles. The highest BCUT2D eigenvalue weighted by Gasteiger charge is 2.17. The summed E-state index contributed by atoms with van der Waals surface area (Å²) in [6.07, 6.45) is 0. The Morgan fingerprint density at radius 3 is 2.33 bits per heavy atom. The molecule has 0 heterocycles. The van der Waals surface area contributed by atoms with Crippen molar-refractivity contribution < 1.29 is 21.6 Å². The minimum Gasteiger partial charge on any atom is -0.351 e.